The summed E-state index contributed by atoms with van der Waals surface area (Å²) in [6, 6.07) is 16.9. The Kier molecular flexibility index (Phi) is 6.54. The van der Waals surface area contributed by atoms with Crippen molar-refractivity contribution in [1.82, 2.24) is 9.88 Å². The monoisotopic (exact) mass is 441 g/mol. The molecule has 0 radical (unpaired) electrons. The quantitative estimate of drug-likeness (QED) is 0.505. The zero-order valence-corrected chi connectivity index (χ0v) is 19.1. The van der Waals surface area contributed by atoms with Gasteiger partial charge >= 0.3 is 0 Å². The molecule has 6 nitrogen and oxygen atoms in total. The lowest BCUT2D eigenvalue weighted by Gasteiger charge is -2.16. The van der Waals surface area contributed by atoms with Gasteiger partial charge in [0, 0.05) is 18.1 Å². The Morgan fingerprint density at radius 1 is 0.939 bits per heavy atom. The van der Waals surface area contributed by atoms with Crippen molar-refractivity contribution < 1.29 is 14.3 Å². The van der Waals surface area contributed by atoms with Crippen molar-refractivity contribution in [2.45, 2.75) is 33.7 Å². The van der Waals surface area contributed by atoms with E-state index in [9.17, 15) is 9.59 Å². The first kappa shape index (κ1) is 22.3. The van der Waals surface area contributed by atoms with Crippen LogP contribution in [0.15, 0.2) is 72.7 Å². The van der Waals surface area contributed by atoms with Crippen molar-refractivity contribution in [3.8, 4) is 5.75 Å². The fraction of sp³-hybridized carbons (Fsp3) is 0.222. The van der Waals surface area contributed by atoms with Crippen LogP contribution < -0.4 is 10.1 Å². The highest BCUT2D eigenvalue weighted by Gasteiger charge is 2.39. The predicted molar refractivity (Wildman–Crippen MR) is 128 cm³/mol. The van der Waals surface area contributed by atoms with Crippen LogP contribution in [0.25, 0.3) is 5.57 Å². The summed E-state index contributed by atoms with van der Waals surface area (Å²) in [5, 5.41) is 3.27. The minimum atomic E-state index is -0.348. The largest absolute Gasteiger partial charge is 0.494 e. The van der Waals surface area contributed by atoms with E-state index in [-0.39, 0.29) is 24.1 Å². The van der Waals surface area contributed by atoms with Crippen molar-refractivity contribution in [3.63, 3.8) is 0 Å². The van der Waals surface area contributed by atoms with Crippen LogP contribution in [-0.2, 0) is 16.1 Å². The maximum absolute atomic E-state index is 13.5. The third-order valence-corrected chi connectivity index (χ3v) is 5.53. The van der Waals surface area contributed by atoms with Crippen molar-refractivity contribution in [1.29, 1.82) is 0 Å². The van der Waals surface area contributed by atoms with Gasteiger partial charge in [0.2, 0.25) is 0 Å². The van der Waals surface area contributed by atoms with Gasteiger partial charge in [-0.15, -0.1) is 0 Å². The number of nitrogens with one attached hydrogen (secondary N) is 1. The Morgan fingerprint density at radius 3 is 2.36 bits per heavy atom. The zero-order valence-electron chi connectivity index (χ0n) is 19.1. The van der Waals surface area contributed by atoms with E-state index in [0.29, 0.717) is 17.7 Å². The smallest absolute Gasteiger partial charge is 0.278 e. The van der Waals surface area contributed by atoms with Gasteiger partial charge < -0.3 is 10.1 Å². The SMILES string of the molecule is CCCOc1ccc(C2=C(Nc3cc(C)ccc3C)C(=O)N(Cc3ccncc3)C2=O)cc1. The minimum Gasteiger partial charge on any atom is -0.494 e. The molecule has 1 aliphatic rings. The number of ether oxygens (including phenoxy) is 1. The van der Waals surface area contributed by atoms with Crippen LogP contribution in [0.2, 0.25) is 0 Å². The second kappa shape index (κ2) is 9.69. The third kappa shape index (κ3) is 4.80. The maximum Gasteiger partial charge on any atom is 0.278 e. The number of nitrogens with zero attached hydrogens (tertiary/aromatic N) is 2. The molecule has 0 aliphatic carbocycles. The van der Waals surface area contributed by atoms with E-state index in [0.717, 1.165) is 34.5 Å². The summed E-state index contributed by atoms with van der Waals surface area (Å²) in [6.07, 6.45) is 4.21. The summed E-state index contributed by atoms with van der Waals surface area (Å²) in [5.41, 5.74) is 5.00. The van der Waals surface area contributed by atoms with Crippen LogP contribution in [-0.4, -0.2) is 28.3 Å². The number of rotatable bonds is 8. The maximum atomic E-state index is 13.5. The van der Waals surface area contributed by atoms with Crippen LogP contribution in [0.1, 0.15) is 35.6 Å². The second-order valence-electron chi connectivity index (χ2n) is 8.12. The number of amides is 2. The number of aryl methyl sites for hydroxylation is 2. The average molecular weight is 442 g/mol. The van der Waals surface area contributed by atoms with Gasteiger partial charge in [0.25, 0.3) is 11.8 Å². The van der Waals surface area contributed by atoms with E-state index in [2.05, 4.69) is 10.3 Å². The summed E-state index contributed by atoms with van der Waals surface area (Å²) in [6.45, 7) is 6.81. The molecule has 1 aliphatic heterocycles. The number of hydrogen-bond acceptors (Lipinski definition) is 5. The number of carbonyl (C=O) groups is 2. The lowest BCUT2D eigenvalue weighted by Crippen LogP contribution is -2.32. The molecular weight excluding hydrogens is 414 g/mol. The number of aromatic nitrogens is 1. The van der Waals surface area contributed by atoms with E-state index in [1.54, 1.807) is 24.5 Å². The molecule has 6 heteroatoms. The summed E-state index contributed by atoms with van der Waals surface area (Å²) in [5.74, 6) is 0.0570. The van der Waals surface area contributed by atoms with E-state index in [1.165, 1.54) is 4.90 Å². The van der Waals surface area contributed by atoms with Gasteiger partial charge in [-0.1, -0.05) is 31.2 Å². The molecule has 0 bridgehead atoms. The molecule has 0 unspecified atom stereocenters. The van der Waals surface area contributed by atoms with Crippen LogP contribution >= 0.6 is 0 Å². The molecular formula is C27H27N3O3. The van der Waals surface area contributed by atoms with Gasteiger partial charge in [-0.05, 0) is 72.9 Å². The number of benzene rings is 2. The Morgan fingerprint density at radius 2 is 1.67 bits per heavy atom. The van der Waals surface area contributed by atoms with Gasteiger partial charge in [-0.2, -0.15) is 0 Å². The normalized spacial score (nSPS) is 13.6. The molecule has 2 heterocycles. The standard InChI is InChI=1S/C27H27N3O3/c1-4-15-33-22-9-7-21(8-10-22)24-25(29-23-16-18(2)5-6-19(23)3)27(32)30(26(24)31)17-20-11-13-28-14-12-20/h5-14,16,29H,4,15,17H2,1-3H3. The van der Waals surface area contributed by atoms with Crippen molar-refractivity contribution in [2.24, 2.45) is 0 Å². The Balaban J connectivity index is 1.73. The predicted octanol–water partition coefficient (Wildman–Crippen LogP) is 4.88. The lowest BCUT2D eigenvalue weighted by molar-refractivity contribution is -0.137. The third-order valence-electron chi connectivity index (χ3n) is 5.53. The molecule has 2 aromatic carbocycles. The van der Waals surface area contributed by atoms with Gasteiger partial charge in [0.1, 0.15) is 11.4 Å². The van der Waals surface area contributed by atoms with E-state index in [4.69, 9.17) is 4.74 Å². The first-order valence-corrected chi connectivity index (χ1v) is 11.0. The van der Waals surface area contributed by atoms with Gasteiger partial charge in [0.05, 0.1) is 18.7 Å². The highest BCUT2D eigenvalue weighted by Crippen LogP contribution is 2.33. The number of hydrogen-bond donors (Lipinski definition) is 1. The van der Waals surface area contributed by atoms with Gasteiger partial charge in [-0.3, -0.25) is 19.5 Å². The summed E-state index contributed by atoms with van der Waals surface area (Å²) < 4.78 is 5.67. The molecule has 0 spiro atoms. The summed E-state index contributed by atoms with van der Waals surface area (Å²) in [4.78, 5) is 32.2. The number of imide groups is 1. The van der Waals surface area contributed by atoms with Crippen molar-refractivity contribution in [2.75, 3.05) is 11.9 Å². The molecule has 0 saturated heterocycles. The number of anilines is 1. The Hall–Kier alpha value is -3.93. The van der Waals surface area contributed by atoms with Crippen molar-refractivity contribution >= 4 is 23.1 Å². The molecule has 3 aromatic rings. The fourth-order valence-corrected chi connectivity index (χ4v) is 3.72. The van der Waals surface area contributed by atoms with Gasteiger partial charge in [-0.25, -0.2) is 0 Å². The highest BCUT2D eigenvalue weighted by molar-refractivity contribution is 6.36. The van der Waals surface area contributed by atoms with Gasteiger partial charge in [0.15, 0.2) is 0 Å². The molecule has 4 rings (SSSR count). The Bertz CT molecular complexity index is 1200. The number of pyridine rings is 1. The first-order valence-electron chi connectivity index (χ1n) is 11.0. The summed E-state index contributed by atoms with van der Waals surface area (Å²) in [7, 11) is 0. The van der Waals surface area contributed by atoms with E-state index in [1.807, 2.05) is 63.2 Å². The average Bonchev–Trinajstić information content (AvgIpc) is 3.05. The molecule has 0 atom stereocenters. The first-order chi connectivity index (χ1) is 16.0. The minimum absolute atomic E-state index is 0.180. The molecule has 33 heavy (non-hydrogen) atoms. The topological polar surface area (TPSA) is 71.5 Å². The molecule has 168 valence electrons. The van der Waals surface area contributed by atoms with Crippen LogP contribution in [0, 0.1) is 13.8 Å². The summed E-state index contributed by atoms with van der Waals surface area (Å²) >= 11 is 0. The molecule has 1 N–H and O–H groups in total. The molecule has 0 fully saturated rings. The van der Waals surface area contributed by atoms with E-state index < -0.39 is 0 Å². The van der Waals surface area contributed by atoms with Crippen molar-refractivity contribution in [3.05, 3.63) is 94.9 Å². The fourth-order valence-electron chi connectivity index (χ4n) is 3.72. The zero-order chi connectivity index (χ0) is 23.4. The molecule has 1 aromatic heterocycles. The van der Waals surface area contributed by atoms with E-state index >= 15 is 0 Å². The molecule has 0 saturated carbocycles. The van der Waals surface area contributed by atoms with Crippen LogP contribution in [0.3, 0.4) is 0 Å². The lowest BCUT2D eigenvalue weighted by atomic mass is 10.0. The Labute approximate surface area is 193 Å². The highest BCUT2D eigenvalue weighted by atomic mass is 16.5. The second-order valence-corrected chi connectivity index (χ2v) is 8.12. The molecule has 2 amide bonds. The van der Waals surface area contributed by atoms with Crippen LogP contribution in [0.4, 0.5) is 5.69 Å². The van der Waals surface area contributed by atoms with Crippen LogP contribution in [0.5, 0.6) is 5.75 Å². The number of carbonyl (C=O) groups excluding carboxylic acids is 2.